The maximum Gasteiger partial charge on any atom is 0.222 e. The molecule has 1 aromatic carbocycles. The molecule has 1 aliphatic heterocycles. The zero-order valence-electron chi connectivity index (χ0n) is 17.6. The summed E-state index contributed by atoms with van der Waals surface area (Å²) >= 11 is 0. The molecule has 0 spiro atoms. The Labute approximate surface area is 169 Å². The minimum atomic E-state index is -2.94. The average molecular weight is 411 g/mol. The van der Waals surface area contributed by atoms with Crippen molar-refractivity contribution >= 4 is 15.7 Å². The van der Waals surface area contributed by atoms with Gasteiger partial charge in [-0.15, -0.1) is 0 Å². The van der Waals surface area contributed by atoms with E-state index in [0.717, 1.165) is 18.8 Å². The number of ether oxygens (including phenoxy) is 1. The number of piperazine rings is 1. The van der Waals surface area contributed by atoms with Gasteiger partial charge in [-0.2, -0.15) is 0 Å². The molecule has 0 N–H and O–H groups in total. The summed E-state index contributed by atoms with van der Waals surface area (Å²) in [6, 6.07) is 8.14. The van der Waals surface area contributed by atoms with Gasteiger partial charge in [-0.25, -0.2) is 8.42 Å². The van der Waals surface area contributed by atoms with Gasteiger partial charge in [-0.1, -0.05) is 32.9 Å². The molecule has 2 rings (SSSR count). The van der Waals surface area contributed by atoms with Gasteiger partial charge in [-0.3, -0.25) is 9.69 Å². The van der Waals surface area contributed by atoms with E-state index in [1.165, 1.54) is 11.8 Å². The van der Waals surface area contributed by atoms with Crippen molar-refractivity contribution in [3.63, 3.8) is 0 Å². The van der Waals surface area contributed by atoms with Crippen molar-refractivity contribution in [3.8, 4) is 5.75 Å². The second-order valence-corrected chi connectivity index (χ2v) is 10.8. The van der Waals surface area contributed by atoms with E-state index in [4.69, 9.17) is 4.74 Å². The van der Waals surface area contributed by atoms with E-state index in [1.54, 1.807) is 0 Å². The topological polar surface area (TPSA) is 66.9 Å². The zero-order chi connectivity index (χ0) is 20.8. The summed E-state index contributed by atoms with van der Waals surface area (Å²) in [7, 11) is -2.94. The second-order valence-electron chi connectivity index (χ2n) is 8.58. The number of nitrogens with zero attached hydrogens (tertiary/aromatic N) is 2. The number of hydrogen-bond donors (Lipinski definition) is 0. The number of carbonyl (C=O) groups excluding carboxylic acids is 1. The van der Waals surface area contributed by atoms with Crippen molar-refractivity contribution < 1.29 is 17.9 Å². The smallest absolute Gasteiger partial charge is 0.222 e. The molecule has 158 valence electrons. The second kappa shape index (κ2) is 9.74. The van der Waals surface area contributed by atoms with E-state index < -0.39 is 9.84 Å². The highest BCUT2D eigenvalue weighted by Gasteiger charge is 2.21. The third kappa shape index (κ3) is 7.80. The summed E-state index contributed by atoms with van der Waals surface area (Å²) in [6.07, 6.45) is 2.42. The fourth-order valence-electron chi connectivity index (χ4n) is 3.14. The van der Waals surface area contributed by atoms with E-state index in [-0.39, 0.29) is 17.1 Å². The maximum atomic E-state index is 12.3. The first-order valence-electron chi connectivity index (χ1n) is 9.96. The first kappa shape index (κ1) is 22.7. The van der Waals surface area contributed by atoms with Crippen LogP contribution in [0.3, 0.4) is 0 Å². The van der Waals surface area contributed by atoms with Crippen LogP contribution in [-0.2, 0) is 20.0 Å². The van der Waals surface area contributed by atoms with Crippen LogP contribution in [0.1, 0.15) is 39.2 Å². The largest absolute Gasteiger partial charge is 0.494 e. The summed E-state index contributed by atoms with van der Waals surface area (Å²) in [5, 5.41) is 0. The van der Waals surface area contributed by atoms with E-state index in [2.05, 4.69) is 37.8 Å². The summed E-state index contributed by atoms with van der Waals surface area (Å²) in [5.41, 5.74) is 1.39. The van der Waals surface area contributed by atoms with Crippen LogP contribution in [0.2, 0.25) is 0 Å². The predicted molar refractivity (Wildman–Crippen MR) is 113 cm³/mol. The monoisotopic (exact) mass is 410 g/mol. The van der Waals surface area contributed by atoms with Crippen LogP contribution in [0.15, 0.2) is 24.3 Å². The van der Waals surface area contributed by atoms with Crippen LogP contribution in [0.4, 0.5) is 0 Å². The van der Waals surface area contributed by atoms with Gasteiger partial charge < -0.3 is 9.64 Å². The SMILES string of the molecule is CC(C)(C)c1ccc(OCCCC(=O)N2CCN(CCS(C)(=O)=O)CC2)cc1. The van der Waals surface area contributed by atoms with Crippen molar-refractivity contribution in [2.45, 2.75) is 39.0 Å². The molecule has 0 radical (unpaired) electrons. The van der Waals surface area contributed by atoms with Crippen LogP contribution in [0.5, 0.6) is 5.75 Å². The lowest BCUT2D eigenvalue weighted by Gasteiger charge is -2.34. The van der Waals surface area contributed by atoms with Gasteiger partial charge in [0, 0.05) is 45.4 Å². The standard InChI is InChI=1S/C21H34N2O4S/c1-21(2,3)18-7-9-19(10-8-18)27-16-5-6-20(24)23-13-11-22(12-14-23)15-17-28(4,25)26/h7-10H,5-6,11-17H2,1-4H3. The Kier molecular flexibility index (Phi) is 7.89. The fourth-order valence-corrected chi connectivity index (χ4v) is 3.73. The lowest BCUT2D eigenvalue weighted by Crippen LogP contribution is -2.49. The van der Waals surface area contributed by atoms with Crippen molar-refractivity contribution in [1.82, 2.24) is 9.80 Å². The van der Waals surface area contributed by atoms with E-state index in [9.17, 15) is 13.2 Å². The van der Waals surface area contributed by atoms with E-state index in [1.807, 2.05) is 17.0 Å². The van der Waals surface area contributed by atoms with Crippen LogP contribution < -0.4 is 4.74 Å². The third-order valence-electron chi connectivity index (χ3n) is 5.03. The molecule has 1 aliphatic rings. The van der Waals surface area contributed by atoms with Crippen molar-refractivity contribution in [1.29, 1.82) is 0 Å². The zero-order valence-corrected chi connectivity index (χ0v) is 18.4. The molecule has 28 heavy (non-hydrogen) atoms. The summed E-state index contributed by atoms with van der Waals surface area (Å²) in [6.45, 7) is 10.4. The predicted octanol–water partition coefficient (Wildman–Crippen LogP) is 2.33. The van der Waals surface area contributed by atoms with Crippen molar-refractivity contribution in [3.05, 3.63) is 29.8 Å². The van der Waals surface area contributed by atoms with Gasteiger partial charge >= 0.3 is 0 Å². The molecule has 6 nitrogen and oxygen atoms in total. The Morgan fingerprint density at radius 1 is 1.07 bits per heavy atom. The Bertz CT molecular complexity index is 731. The van der Waals surface area contributed by atoms with Gasteiger partial charge in [0.1, 0.15) is 15.6 Å². The van der Waals surface area contributed by atoms with E-state index in [0.29, 0.717) is 39.1 Å². The highest BCUT2D eigenvalue weighted by molar-refractivity contribution is 7.90. The molecule has 0 aliphatic carbocycles. The molecule has 7 heteroatoms. The molecule has 0 bridgehead atoms. The summed E-state index contributed by atoms with van der Waals surface area (Å²) in [4.78, 5) is 16.3. The number of hydrogen-bond acceptors (Lipinski definition) is 5. The highest BCUT2D eigenvalue weighted by atomic mass is 32.2. The first-order valence-corrected chi connectivity index (χ1v) is 12.0. The number of rotatable bonds is 8. The molecule has 1 fully saturated rings. The minimum Gasteiger partial charge on any atom is -0.494 e. The van der Waals surface area contributed by atoms with Gasteiger partial charge in [-0.05, 0) is 29.5 Å². The van der Waals surface area contributed by atoms with Crippen LogP contribution in [0.25, 0.3) is 0 Å². The molecule has 1 heterocycles. The Hall–Kier alpha value is -1.60. The number of sulfone groups is 1. The van der Waals surface area contributed by atoms with Crippen LogP contribution >= 0.6 is 0 Å². The molecular weight excluding hydrogens is 376 g/mol. The Balaban J connectivity index is 1.64. The van der Waals surface area contributed by atoms with Crippen molar-refractivity contribution in [2.24, 2.45) is 0 Å². The third-order valence-corrected chi connectivity index (χ3v) is 5.95. The fraction of sp³-hybridized carbons (Fsp3) is 0.667. The molecule has 0 atom stereocenters. The molecule has 1 saturated heterocycles. The van der Waals surface area contributed by atoms with Crippen molar-refractivity contribution in [2.75, 3.05) is 51.3 Å². The Morgan fingerprint density at radius 2 is 1.68 bits per heavy atom. The lowest BCUT2D eigenvalue weighted by molar-refractivity contribution is -0.133. The molecule has 0 unspecified atom stereocenters. The number of carbonyl (C=O) groups is 1. The van der Waals surface area contributed by atoms with E-state index >= 15 is 0 Å². The highest BCUT2D eigenvalue weighted by Crippen LogP contribution is 2.24. The van der Waals surface area contributed by atoms with Gasteiger partial charge in [0.2, 0.25) is 5.91 Å². The normalized spacial score (nSPS) is 16.2. The quantitative estimate of drug-likeness (QED) is 0.616. The molecular formula is C21H34N2O4S. The molecule has 0 aromatic heterocycles. The average Bonchev–Trinajstić information content (AvgIpc) is 2.63. The van der Waals surface area contributed by atoms with Gasteiger partial charge in [0.05, 0.1) is 12.4 Å². The lowest BCUT2D eigenvalue weighted by atomic mass is 9.87. The molecule has 0 saturated carbocycles. The van der Waals surface area contributed by atoms with Gasteiger partial charge in [0.15, 0.2) is 0 Å². The molecule has 1 aromatic rings. The number of amides is 1. The number of benzene rings is 1. The van der Waals surface area contributed by atoms with Gasteiger partial charge in [0.25, 0.3) is 0 Å². The molecule has 1 amide bonds. The van der Waals surface area contributed by atoms with Crippen LogP contribution in [-0.4, -0.2) is 75.5 Å². The maximum absolute atomic E-state index is 12.3. The summed E-state index contributed by atoms with van der Waals surface area (Å²) in [5.74, 6) is 1.16. The minimum absolute atomic E-state index is 0.125. The Morgan fingerprint density at radius 3 is 2.21 bits per heavy atom. The van der Waals surface area contributed by atoms with Crippen LogP contribution in [0, 0.1) is 0 Å². The summed E-state index contributed by atoms with van der Waals surface area (Å²) < 4.78 is 28.3. The first-order chi connectivity index (χ1) is 13.0.